The molecular formula is C19H26N6O4. The van der Waals surface area contributed by atoms with Crippen molar-refractivity contribution in [1.29, 1.82) is 0 Å². The number of amides is 1. The van der Waals surface area contributed by atoms with Crippen LogP contribution in [0.1, 0.15) is 33.4 Å². The van der Waals surface area contributed by atoms with Crippen LogP contribution < -0.4 is 4.90 Å². The fourth-order valence-corrected chi connectivity index (χ4v) is 4.21. The van der Waals surface area contributed by atoms with Gasteiger partial charge in [0.25, 0.3) is 0 Å². The topological polar surface area (TPSA) is 107 Å². The van der Waals surface area contributed by atoms with Crippen LogP contribution in [0, 0.1) is 22.5 Å². The first-order valence-corrected chi connectivity index (χ1v) is 9.77. The van der Waals surface area contributed by atoms with E-state index in [4.69, 9.17) is 4.74 Å². The van der Waals surface area contributed by atoms with E-state index in [1.54, 1.807) is 4.90 Å². The lowest BCUT2D eigenvalue weighted by atomic mass is 9.72. The summed E-state index contributed by atoms with van der Waals surface area (Å²) in [5, 5.41) is 16.2. The zero-order valence-electron chi connectivity index (χ0n) is 17.4. The maximum Gasteiger partial charge on any atom is 0.410 e. The van der Waals surface area contributed by atoms with Crippen molar-refractivity contribution in [2.75, 3.05) is 31.1 Å². The highest BCUT2D eigenvalue weighted by atomic mass is 16.6. The van der Waals surface area contributed by atoms with Crippen molar-refractivity contribution in [2.45, 2.75) is 46.8 Å². The SMILES string of the molecule is CCn1nc2nc(C)c(N3CC4(CN(C(=O)OC(C)(C)C)C4)C3)cc2c1[N+](=O)[O-]. The van der Waals surface area contributed by atoms with Gasteiger partial charge >= 0.3 is 11.9 Å². The van der Waals surface area contributed by atoms with E-state index in [9.17, 15) is 14.9 Å². The Morgan fingerprint density at radius 2 is 1.97 bits per heavy atom. The summed E-state index contributed by atoms with van der Waals surface area (Å²) in [6.45, 7) is 12.6. The van der Waals surface area contributed by atoms with Crippen molar-refractivity contribution >= 4 is 28.6 Å². The van der Waals surface area contributed by atoms with E-state index in [0.29, 0.717) is 30.7 Å². The van der Waals surface area contributed by atoms with Crippen molar-refractivity contribution in [3.63, 3.8) is 0 Å². The molecule has 156 valence electrons. The summed E-state index contributed by atoms with van der Waals surface area (Å²) in [6.07, 6.45) is -0.275. The van der Waals surface area contributed by atoms with Gasteiger partial charge in [0.2, 0.25) is 5.65 Å². The van der Waals surface area contributed by atoms with Gasteiger partial charge in [0.15, 0.2) is 0 Å². The molecule has 2 aromatic rings. The van der Waals surface area contributed by atoms with Crippen LogP contribution >= 0.6 is 0 Å². The summed E-state index contributed by atoms with van der Waals surface area (Å²) in [6, 6.07) is 1.83. The molecule has 0 aliphatic carbocycles. The Balaban J connectivity index is 1.49. The predicted octanol–water partition coefficient (Wildman–Crippen LogP) is 2.72. The molecule has 10 nitrogen and oxygen atoms in total. The molecule has 0 unspecified atom stereocenters. The van der Waals surface area contributed by atoms with Gasteiger partial charge < -0.3 is 24.7 Å². The molecule has 2 fully saturated rings. The number of carbonyl (C=O) groups is 1. The van der Waals surface area contributed by atoms with Gasteiger partial charge in [-0.1, -0.05) is 5.10 Å². The maximum atomic E-state index is 12.2. The van der Waals surface area contributed by atoms with Crippen LogP contribution in [0.2, 0.25) is 0 Å². The number of rotatable bonds is 3. The van der Waals surface area contributed by atoms with Crippen LogP contribution in [0.3, 0.4) is 0 Å². The Morgan fingerprint density at radius 1 is 1.31 bits per heavy atom. The van der Waals surface area contributed by atoms with Crippen LogP contribution in [0.5, 0.6) is 0 Å². The molecule has 1 spiro atoms. The molecule has 1 amide bonds. The van der Waals surface area contributed by atoms with Crippen molar-refractivity contribution in [3.05, 3.63) is 21.9 Å². The summed E-state index contributed by atoms with van der Waals surface area (Å²) in [4.78, 5) is 31.7. The Kier molecular flexibility index (Phi) is 4.21. The summed E-state index contributed by atoms with van der Waals surface area (Å²) < 4.78 is 6.80. The largest absolute Gasteiger partial charge is 0.444 e. The van der Waals surface area contributed by atoms with E-state index in [-0.39, 0.29) is 17.3 Å². The van der Waals surface area contributed by atoms with Gasteiger partial charge in [-0.2, -0.15) is 0 Å². The first-order chi connectivity index (χ1) is 13.5. The Hall–Kier alpha value is -2.91. The normalized spacial score (nSPS) is 18.0. The van der Waals surface area contributed by atoms with Crippen molar-refractivity contribution in [1.82, 2.24) is 19.7 Å². The standard InChI is InChI=1S/C19H26N6O4/c1-6-24-16(25(27)28)13-7-14(12(2)20-15(13)21-24)22-8-19(9-22)10-23(11-19)17(26)29-18(3,4)5/h7H,6,8-11H2,1-5H3. The lowest BCUT2D eigenvalue weighted by Gasteiger charge is -2.60. The molecule has 10 heteroatoms. The lowest BCUT2D eigenvalue weighted by molar-refractivity contribution is -0.390. The molecule has 2 aliphatic rings. The smallest absolute Gasteiger partial charge is 0.410 e. The first-order valence-electron chi connectivity index (χ1n) is 9.77. The number of pyridine rings is 1. The van der Waals surface area contributed by atoms with Gasteiger partial charge in [0, 0.05) is 31.6 Å². The van der Waals surface area contributed by atoms with Crippen LogP contribution in [0.15, 0.2) is 6.07 Å². The minimum atomic E-state index is -0.499. The fourth-order valence-electron chi connectivity index (χ4n) is 4.21. The molecular weight excluding hydrogens is 376 g/mol. The van der Waals surface area contributed by atoms with Gasteiger partial charge in [0.05, 0.1) is 11.4 Å². The predicted molar refractivity (Wildman–Crippen MR) is 107 cm³/mol. The van der Waals surface area contributed by atoms with Gasteiger partial charge in [-0.3, -0.25) is 0 Å². The molecule has 2 aromatic heterocycles. The highest BCUT2D eigenvalue weighted by molar-refractivity contribution is 5.87. The maximum absolute atomic E-state index is 12.2. The number of fused-ring (bicyclic) bond motifs is 1. The van der Waals surface area contributed by atoms with Gasteiger partial charge in [0.1, 0.15) is 17.5 Å². The number of carbonyl (C=O) groups excluding carboxylic acids is 1. The van der Waals surface area contributed by atoms with Crippen LogP contribution in [0.4, 0.5) is 16.3 Å². The van der Waals surface area contributed by atoms with Crippen molar-refractivity contribution < 1.29 is 14.5 Å². The second kappa shape index (κ2) is 6.30. The third kappa shape index (κ3) is 3.26. The minimum Gasteiger partial charge on any atom is -0.444 e. The number of anilines is 1. The molecule has 0 saturated carbocycles. The average molecular weight is 402 g/mol. The molecule has 29 heavy (non-hydrogen) atoms. The molecule has 4 heterocycles. The Labute approximate surface area is 168 Å². The van der Waals surface area contributed by atoms with Gasteiger partial charge in [-0.25, -0.2) is 9.78 Å². The average Bonchev–Trinajstić information content (AvgIpc) is 2.88. The molecule has 0 bridgehead atoms. The lowest BCUT2D eigenvalue weighted by Crippen LogP contribution is -2.73. The third-order valence-electron chi connectivity index (χ3n) is 5.44. The van der Waals surface area contributed by atoms with E-state index in [0.717, 1.165) is 24.5 Å². The highest BCUT2D eigenvalue weighted by Gasteiger charge is 2.54. The second-order valence-electron chi connectivity index (χ2n) is 9.05. The van der Waals surface area contributed by atoms with Crippen LogP contribution in [-0.4, -0.2) is 62.5 Å². The zero-order valence-corrected chi connectivity index (χ0v) is 17.4. The summed E-state index contributed by atoms with van der Waals surface area (Å²) >= 11 is 0. The van der Waals surface area contributed by atoms with E-state index in [1.807, 2.05) is 40.7 Å². The minimum absolute atomic E-state index is 0.0220. The quantitative estimate of drug-likeness (QED) is 0.574. The molecule has 0 N–H and O–H groups in total. The van der Waals surface area contributed by atoms with Crippen LogP contribution in [0.25, 0.3) is 11.0 Å². The molecule has 0 atom stereocenters. The second-order valence-corrected chi connectivity index (χ2v) is 9.05. The number of ether oxygens (including phenoxy) is 1. The van der Waals surface area contributed by atoms with E-state index >= 15 is 0 Å². The molecule has 2 saturated heterocycles. The molecule has 0 aromatic carbocycles. The number of aryl methyl sites for hydroxylation is 2. The van der Waals surface area contributed by atoms with E-state index < -0.39 is 10.5 Å². The highest BCUT2D eigenvalue weighted by Crippen LogP contribution is 2.44. The molecule has 0 radical (unpaired) electrons. The van der Waals surface area contributed by atoms with Gasteiger partial charge in [-0.05, 0) is 45.6 Å². The summed E-state index contributed by atoms with van der Waals surface area (Å²) in [5.41, 5.74) is 1.65. The number of aromatic nitrogens is 3. The number of hydrogen-bond donors (Lipinski definition) is 0. The number of nitrogens with zero attached hydrogens (tertiary/aromatic N) is 6. The number of nitro groups is 1. The number of likely N-dealkylation sites (tertiary alicyclic amines) is 1. The number of hydrogen-bond acceptors (Lipinski definition) is 7. The Morgan fingerprint density at radius 3 is 2.52 bits per heavy atom. The van der Waals surface area contributed by atoms with Crippen LogP contribution in [-0.2, 0) is 11.3 Å². The third-order valence-corrected chi connectivity index (χ3v) is 5.44. The monoisotopic (exact) mass is 402 g/mol. The molecule has 4 rings (SSSR count). The zero-order chi connectivity index (χ0) is 21.1. The van der Waals surface area contributed by atoms with E-state index in [1.165, 1.54) is 4.68 Å². The first kappa shape index (κ1) is 19.4. The summed E-state index contributed by atoms with van der Waals surface area (Å²) in [7, 11) is 0. The van der Waals surface area contributed by atoms with E-state index in [2.05, 4.69) is 15.0 Å². The van der Waals surface area contributed by atoms with Gasteiger partial charge in [-0.15, -0.1) is 4.68 Å². The Bertz CT molecular complexity index is 994. The van der Waals surface area contributed by atoms with Crippen molar-refractivity contribution in [3.8, 4) is 0 Å². The molecule has 2 aliphatic heterocycles. The van der Waals surface area contributed by atoms with Crippen molar-refractivity contribution in [2.24, 2.45) is 5.41 Å². The summed E-state index contributed by atoms with van der Waals surface area (Å²) in [5.74, 6) is -0.0220. The fraction of sp³-hybridized carbons (Fsp3) is 0.632.